The van der Waals surface area contributed by atoms with Crippen LogP contribution in [-0.4, -0.2) is 48.6 Å². The van der Waals surface area contributed by atoms with Crippen molar-refractivity contribution in [1.29, 1.82) is 0 Å². The van der Waals surface area contributed by atoms with E-state index in [1.54, 1.807) is 0 Å². The molecule has 0 aromatic rings. The Kier molecular flexibility index (Phi) is 2.37. The maximum absolute atomic E-state index is 2.68. The van der Waals surface area contributed by atoms with Gasteiger partial charge in [-0.15, -0.1) is 0 Å². The highest BCUT2D eigenvalue weighted by molar-refractivity contribution is 4.88. The molecule has 0 amide bonds. The summed E-state index contributed by atoms with van der Waals surface area (Å²) in [6, 6.07) is 1.67. The van der Waals surface area contributed by atoms with Gasteiger partial charge in [0.05, 0.1) is 0 Å². The first kappa shape index (κ1) is 8.52. The monoisotopic (exact) mass is 168 g/mol. The summed E-state index contributed by atoms with van der Waals surface area (Å²) in [5, 5.41) is 0. The maximum Gasteiger partial charge on any atom is 0.0237 e. The van der Waals surface area contributed by atoms with Gasteiger partial charge in [-0.1, -0.05) is 0 Å². The first-order valence-electron chi connectivity index (χ1n) is 5.21. The van der Waals surface area contributed by atoms with E-state index in [0.29, 0.717) is 0 Å². The largest absolute Gasteiger partial charge is 0.302 e. The minimum absolute atomic E-state index is 0.801. The molecular weight excluding hydrogens is 148 g/mol. The number of nitrogens with zero attached hydrogens (tertiary/aromatic N) is 2. The van der Waals surface area contributed by atoms with Gasteiger partial charge >= 0.3 is 0 Å². The van der Waals surface area contributed by atoms with Crippen molar-refractivity contribution in [2.75, 3.05) is 26.7 Å². The smallest absolute Gasteiger partial charge is 0.0237 e. The molecule has 0 N–H and O–H groups in total. The lowest BCUT2D eigenvalue weighted by Crippen LogP contribution is -2.34. The van der Waals surface area contributed by atoms with Crippen LogP contribution in [0.3, 0.4) is 0 Å². The summed E-state index contributed by atoms with van der Waals surface area (Å²) in [5.74, 6) is 0. The lowest BCUT2D eigenvalue weighted by molar-refractivity contribution is 0.241. The fraction of sp³-hybridized carbons (Fsp3) is 1.00. The van der Waals surface area contributed by atoms with Crippen molar-refractivity contribution < 1.29 is 0 Å². The van der Waals surface area contributed by atoms with Crippen LogP contribution >= 0.6 is 0 Å². The SMILES string of the molecule is CC1CC(N2CCCC2)CN1C. The number of likely N-dealkylation sites (N-methyl/N-ethyl adjacent to an activating group) is 1. The molecule has 2 saturated heterocycles. The van der Waals surface area contributed by atoms with Gasteiger partial charge in [-0.25, -0.2) is 0 Å². The van der Waals surface area contributed by atoms with Crippen LogP contribution in [0.25, 0.3) is 0 Å². The molecule has 2 nitrogen and oxygen atoms in total. The van der Waals surface area contributed by atoms with E-state index in [0.717, 1.165) is 12.1 Å². The van der Waals surface area contributed by atoms with Gasteiger partial charge in [-0.3, -0.25) is 4.90 Å². The summed E-state index contributed by atoms with van der Waals surface area (Å²) in [5.41, 5.74) is 0. The molecular formula is C10H20N2. The second-order valence-electron chi connectivity index (χ2n) is 4.42. The van der Waals surface area contributed by atoms with Crippen molar-refractivity contribution in [2.45, 2.75) is 38.3 Å². The van der Waals surface area contributed by atoms with E-state index in [9.17, 15) is 0 Å². The van der Waals surface area contributed by atoms with Gasteiger partial charge in [0.2, 0.25) is 0 Å². The van der Waals surface area contributed by atoms with E-state index < -0.39 is 0 Å². The molecule has 0 aromatic carbocycles. The molecule has 2 aliphatic rings. The van der Waals surface area contributed by atoms with Crippen molar-refractivity contribution in [3.05, 3.63) is 0 Å². The highest BCUT2D eigenvalue weighted by atomic mass is 15.3. The molecule has 2 aliphatic heterocycles. The molecule has 0 aromatic heterocycles. The van der Waals surface area contributed by atoms with Crippen molar-refractivity contribution in [3.63, 3.8) is 0 Å². The Balaban J connectivity index is 1.89. The third-order valence-electron chi connectivity index (χ3n) is 3.52. The lowest BCUT2D eigenvalue weighted by atomic mass is 10.2. The predicted octanol–water partition coefficient (Wildman–Crippen LogP) is 1.17. The maximum atomic E-state index is 2.68. The summed E-state index contributed by atoms with van der Waals surface area (Å²) in [6.07, 6.45) is 4.24. The molecule has 2 heterocycles. The Morgan fingerprint density at radius 3 is 2.33 bits per heavy atom. The highest BCUT2D eigenvalue weighted by Crippen LogP contribution is 2.23. The average molecular weight is 168 g/mol. The van der Waals surface area contributed by atoms with Crippen LogP contribution in [0.1, 0.15) is 26.2 Å². The van der Waals surface area contributed by atoms with Gasteiger partial charge in [0.15, 0.2) is 0 Å². The van der Waals surface area contributed by atoms with E-state index in [-0.39, 0.29) is 0 Å². The molecule has 12 heavy (non-hydrogen) atoms. The Morgan fingerprint density at radius 1 is 1.17 bits per heavy atom. The molecule has 0 radical (unpaired) electrons. The van der Waals surface area contributed by atoms with Gasteiger partial charge in [0.25, 0.3) is 0 Å². The zero-order valence-corrected chi connectivity index (χ0v) is 8.29. The van der Waals surface area contributed by atoms with Gasteiger partial charge < -0.3 is 4.90 Å². The standard InChI is InChI=1S/C10H20N2/c1-9-7-10(8-11(9)2)12-5-3-4-6-12/h9-10H,3-8H2,1-2H3. The Morgan fingerprint density at radius 2 is 1.83 bits per heavy atom. The molecule has 0 bridgehead atoms. The van der Waals surface area contributed by atoms with Crippen molar-refractivity contribution in [2.24, 2.45) is 0 Å². The quantitative estimate of drug-likeness (QED) is 0.580. The first-order valence-corrected chi connectivity index (χ1v) is 5.21. The van der Waals surface area contributed by atoms with Crippen molar-refractivity contribution in [1.82, 2.24) is 9.80 Å². The Bertz CT molecular complexity index is 142. The second-order valence-corrected chi connectivity index (χ2v) is 4.42. The van der Waals surface area contributed by atoms with Crippen LogP contribution in [0.5, 0.6) is 0 Å². The van der Waals surface area contributed by atoms with Crippen LogP contribution in [0, 0.1) is 0 Å². The molecule has 2 atom stereocenters. The molecule has 0 spiro atoms. The lowest BCUT2D eigenvalue weighted by Gasteiger charge is -2.22. The second kappa shape index (κ2) is 3.35. The van der Waals surface area contributed by atoms with E-state index in [2.05, 4.69) is 23.8 Å². The summed E-state index contributed by atoms with van der Waals surface area (Å²) < 4.78 is 0. The minimum atomic E-state index is 0.801. The average Bonchev–Trinajstić information content (AvgIpc) is 2.61. The number of rotatable bonds is 1. The van der Waals surface area contributed by atoms with Crippen molar-refractivity contribution in [3.8, 4) is 0 Å². The van der Waals surface area contributed by atoms with E-state index in [4.69, 9.17) is 0 Å². The molecule has 0 aliphatic carbocycles. The van der Waals surface area contributed by atoms with Crippen LogP contribution in [-0.2, 0) is 0 Å². The Hall–Kier alpha value is -0.0800. The molecule has 70 valence electrons. The molecule has 2 fully saturated rings. The molecule has 2 unspecified atom stereocenters. The zero-order valence-electron chi connectivity index (χ0n) is 8.29. The number of hydrogen-bond donors (Lipinski definition) is 0. The number of hydrogen-bond acceptors (Lipinski definition) is 2. The summed E-state index contributed by atoms with van der Waals surface area (Å²) in [7, 11) is 2.25. The summed E-state index contributed by atoms with van der Waals surface area (Å²) >= 11 is 0. The van der Waals surface area contributed by atoms with Gasteiger partial charge in [-0.2, -0.15) is 0 Å². The topological polar surface area (TPSA) is 6.48 Å². The normalized spacial score (nSPS) is 39.5. The Labute approximate surface area is 75.5 Å². The molecule has 2 rings (SSSR count). The van der Waals surface area contributed by atoms with Crippen LogP contribution in [0.2, 0.25) is 0 Å². The fourth-order valence-electron chi connectivity index (χ4n) is 2.53. The fourth-order valence-corrected chi connectivity index (χ4v) is 2.53. The van der Waals surface area contributed by atoms with Crippen molar-refractivity contribution >= 4 is 0 Å². The first-order chi connectivity index (χ1) is 5.77. The van der Waals surface area contributed by atoms with E-state index in [1.165, 1.54) is 38.9 Å². The molecule has 0 saturated carbocycles. The predicted molar refractivity (Wildman–Crippen MR) is 51.3 cm³/mol. The molecule has 2 heteroatoms. The van der Waals surface area contributed by atoms with E-state index >= 15 is 0 Å². The van der Waals surface area contributed by atoms with E-state index in [1.807, 2.05) is 0 Å². The van der Waals surface area contributed by atoms with Crippen LogP contribution < -0.4 is 0 Å². The van der Waals surface area contributed by atoms with Crippen LogP contribution in [0.4, 0.5) is 0 Å². The van der Waals surface area contributed by atoms with Crippen LogP contribution in [0.15, 0.2) is 0 Å². The van der Waals surface area contributed by atoms with Gasteiger partial charge in [-0.05, 0) is 46.3 Å². The summed E-state index contributed by atoms with van der Waals surface area (Å²) in [4.78, 5) is 5.17. The third kappa shape index (κ3) is 1.50. The highest BCUT2D eigenvalue weighted by Gasteiger charge is 2.31. The third-order valence-corrected chi connectivity index (χ3v) is 3.52. The minimum Gasteiger partial charge on any atom is -0.302 e. The van der Waals surface area contributed by atoms with Gasteiger partial charge in [0.1, 0.15) is 0 Å². The van der Waals surface area contributed by atoms with Gasteiger partial charge in [0, 0.05) is 18.6 Å². The number of likely N-dealkylation sites (tertiary alicyclic amines) is 2. The summed E-state index contributed by atoms with van der Waals surface area (Å²) in [6.45, 7) is 6.34. The zero-order chi connectivity index (χ0) is 8.55.